The van der Waals surface area contributed by atoms with Gasteiger partial charge < -0.3 is 0 Å². The van der Waals surface area contributed by atoms with Crippen molar-refractivity contribution in [3.63, 3.8) is 0 Å². The van der Waals surface area contributed by atoms with Gasteiger partial charge in [-0.15, -0.1) is 0 Å². The molecular weight excluding hydrogens is 132 g/mol. The van der Waals surface area contributed by atoms with Crippen LogP contribution in [0.5, 0.6) is 0 Å². The fraction of sp³-hybridized carbons (Fsp3) is 1.00. The number of hydrogen-bond donors (Lipinski definition) is 0. The minimum Gasteiger partial charge on any atom is -0.0628 e. The lowest BCUT2D eigenvalue weighted by Gasteiger charge is -2.05. The lowest BCUT2D eigenvalue weighted by molar-refractivity contribution is 0.480. The van der Waals surface area contributed by atoms with E-state index >= 15 is 0 Å². The molecule has 2 fully saturated rings. The minimum absolute atomic E-state index is 0.936. The van der Waals surface area contributed by atoms with Crippen molar-refractivity contribution in [1.29, 1.82) is 0 Å². The fourth-order valence-electron chi connectivity index (χ4n) is 3.03. The molecule has 0 aromatic carbocycles. The van der Waals surface area contributed by atoms with Crippen molar-refractivity contribution in [2.75, 3.05) is 0 Å². The van der Waals surface area contributed by atoms with Crippen molar-refractivity contribution in [1.82, 2.24) is 0 Å². The molecule has 64 valence electrons. The van der Waals surface area contributed by atoms with Gasteiger partial charge in [0, 0.05) is 0 Å². The second-order valence-electron chi connectivity index (χ2n) is 4.91. The van der Waals surface area contributed by atoms with E-state index in [1.54, 1.807) is 12.8 Å². The largest absolute Gasteiger partial charge is 0.0628 e. The first kappa shape index (κ1) is 7.64. The highest BCUT2D eigenvalue weighted by Gasteiger charge is 2.49. The normalized spacial score (nSPS) is 42.3. The van der Waals surface area contributed by atoms with Crippen LogP contribution in [0.3, 0.4) is 0 Å². The maximum atomic E-state index is 2.37. The Morgan fingerprint density at radius 3 is 2.09 bits per heavy atom. The van der Waals surface area contributed by atoms with Gasteiger partial charge in [-0.1, -0.05) is 26.7 Å². The second-order valence-corrected chi connectivity index (χ2v) is 4.91. The van der Waals surface area contributed by atoms with Gasteiger partial charge in [-0.25, -0.2) is 0 Å². The fourth-order valence-corrected chi connectivity index (χ4v) is 3.03. The third kappa shape index (κ3) is 1.45. The average Bonchev–Trinajstić information content (AvgIpc) is 2.64. The number of rotatable bonds is 2. The van der Waals surface area contributed by atoms with Crippen LogP contribution in [0.15, 0.2) is 0 Å². The number of fused-ring (bicyclic) bond motifs is 1. The Morgan fingerprint density at radius 1 is 1.09 bits per heavy atom. The molecule has 0 spiro atoms. The summed E-state index contributed by atoms with van der Waals surface area (Å²) < 4.78 is 0. The van der Waals surface area contributed by atoms with E-state index in [2.05, 4.69) is 13.8 Å². The molecule has 2 saturated carbocycles. The van der Waals surface area contributed by atoms with Crippen LogP contribution in [0.2, 0.25) is 0 Å². The van der Waals surface area contributed by atoms with Gasteiger partial charge in [0.2, 0.25) is 0 Å². The molecule has 11 heavy (non-hydrogen) atoms. The topological polar surface area (TPSA) is 0 Å². The van der Waals surface area contributed by atoms with E-state index in [0.717, 1.165) is 11.8 Å². The molecule has 0 heterocycles. The summed E-state index contributed by atoms with van der Waals surface area (Å²) in [7, 11) is 0. The van der Waals surface area contributed by atoms with Crippen molar-refractivity contribution in [3.05, 3.63) is 0 Å². The molecule has 0 aliphatic heterocycles. The van der Waals surface area contributed by atoms with Crippen LogP contribution >= 0.6 is 0 Å². The van der Waals surface area contributed by atoms with Crippen LogP contribution in [-0.2, 0) is 0 Å². The summed E-state index contributed by atoms with van der Waals surface area (Å²) in [4.78, 5) is 0. The van der Waals surface area contributed by atoms with Crippen molar-refractivity contribution in [2.24, 2.45) is 23.7 Å². The van der Waals surface area contributed by atoms with Crippen LogP contribution in [0, 0.1) is 23.7 Å². The Kier molecular flexibility index (Phi) is 1.95. The monoisotopic (exact) mass is 152 g/mol. The molecule has 0 heteroatoms. The van der Waals surface area contributed by atoms with Gasteiger partial charge in [-0.2, -0.15) is 0 Å². The van der Waals surface area contributed by atoms with Gasteiger partial charge in [-0.05, 0) is 42.9 Å². The first-order valence-corrected chi connectivity index (χ1v) is 5.29. The Bertz CT molecular complexity index is 125. The van der Waals surface area contributed by atoms with Gasteiger partial charge >= 0.3 is 0 Å². The maximum Gasteiger partial charge on any atom is -0.0349 e. The molecule has 0 N–H and O–H groups in total. The molecular formula is C11H20. The third-order valence-corrected chi connectivity index (χ3v) is 3.58. The van der Waals surface area contributed by atoms with E-state index in [1.807, 2.05) is 0 Å². The highest BCUT2D eigenvalue weighted by atomic mass is 14.5. The molecule has 0 aromatic heterocycles. The molecule has 0 aromatic rings. The zero-order valence-electron chi connectivity index (χ0n) is 7.84. The molecule has 0 nitrogen and oxygen atoms in total. The van der Waals surface area contributed by atoms with Gasteiger partial charge in [0.25, 0.3) is 0 Å². The van der Waals surface area contributed by atoms with Gasteiger partial charge in [0.1, 0.15) is 0 Å². The van der Waals surface area contributed by atoms with Crippen LogP contribution in [0.25, 0.3) is 0 Å². The zero-order chi connectivity index (χ0) is 7.84. The second kappa shape index (κ2) is 2.80. The molecule has 0 radical (unpaired) electrons. The maximum absolute atomic E-state index is 2.37. The summed E-state index contributed by atoms with van der Waals surface area (Å²) in [5.41, 5.74) is 0. The first-order chi connectivity index (χ1) is 5.29. The molecule has 2 aliphatic rings. The summed E-state index contributed by atoms with van der Waals surface area (Å²) in [6, 6.07) is 0. The highest BCUT2D eigenvalue weighted by Crippen LogP contribution is 2.57. The van der Waals surface area contributed by atoms with Crippen LogP contribution < -0.4 is 0 Å². The first-order valence-electron chi connectivity index (χ1n) is 5.29. The Morgan fingerprint density at radius 2 is 1.64 bits per heavy atom. The van der Waals surface area contributed by atoms with Crippen molar-refractivity contribution < 1.29 is 0 Å². The Hall–Kier alpha value is 0. The van der Waals surface area contributed by atoms with E-state index in [4.69, 9.17) is 0 Å². The standard InChI is InChI=1S/C11H20/c1-8(2)7-11-9-5-3-4-6-10(9)11/h8-11H,3-7H2,1-2H3. The molecule has 0 bridgehead atoms. The lowest BCUT2D eigenvalue weighted by Crippen LogP contribution is -1.91. The lowest BCUT2D eigenvalue weighted by atomic mass is 10.0. The van der Waals surface area contributed by atoms with E-state index in [-0.39, 0.29) is 0 Å². The predicted octanol–water partition coefficient (Wildman–Crippen LogP) is 3.47. The van der Waals surface area contributed by atoms with Crippen molar-refractivity contribution in [2.45, 2.75) is 46.0 Å². The number of hydrogen-bond acceptors (Lipinski definition) is 0. The van der Waals surface area contributed by atoms with Crippen LogP contribution in [0.1, 0.15) is 46.0 Å². The van der Waals surface area contributed by atoms with Gasteiger partial charge in [-0.3, -0.25) is 0 Å². The molecule has 2 aliphatic carbocycles. The smallest absolute Gasteiger partial charge is 0.0349 e. The van der Waals surface area contributed by atoms with Crippen LogP contribution in [-0.4, -0.2) is 0 Å². The molecule has 2 atom stereocenters. The van der Waals surface area contributed by atoms with Gasteiger partial charge in [0.05, 0.1) is 0 Å². The minimum atomic E-state index is 0.936. The van der Waals surface area contributed by atoms with E-state index in [9.17, 15) is 0 Å². The van der Waals surface area contributed by atoms with E-state index in [1.165, 1.54) is 31.1 Å². The summed E-state index contributed by atoms with van der Waals surface area (Å²) in [5.74, 6) is 4.43. The third-order valence-electron chi connectivity index (χ3n) is 3.58. The Balaban J connectivity index is 1.81. The van der Waals surface area contributed by atoms with E-state index < -0.39 is 0 Å². The summed E-state index contributed by atoms with van der Waals surface area (Å²) >= 11 is 0. The van der Waals surface area contributed by atoms with Crippen molar-refractivity contribution >= 4 is 0 Å². The van der Waals surface area contributed by atoms with Crippen LogP contribution in [0.4, 0.5) is 0 Å². The molecule has 0 saturated heterocycles. The van der Waals surface area contributed by atoms with E-state index in [0.29, 0.717) is 0 Å². The quantitative estimate of drug-likeness (QED) is 0.568. The summed E-state index contributed by atoms with van der Waals surface area (Å²) in [6.45, 7) is 4.73. The Labute approximate surface area is 70.4 Å². The average molecular weight is 152 g/mol. The van der Waals surface area contributed by atoms with Crippen molar-refractivity contribution in [3.8, 4) is 0 Å². The highest BCUT2D eigenvalue weighted by molar-refractivity contribution is 4.98. The predicted molar refractivity (Wildman–Crippen MR) is 48.4 cm³/mol. The summed E-state index contributed by atoms with van der Waals surface area (Å²) in [6.07, 6.45) is 7.67. The molecule has 2 unspecified atom stereocenters. The summed E-state index contributed by atoms with van der Waals surface area (Å²) in [5, 5.41) is 0. The molecule has 2 rings (SSSR count). The molecule has 0 amide bonds. The van der Waals surface area contributed by atoms with Gasteiger partial charge in [0.15, 0.2) is 0 Å². The zero-order valence-corrected chi connectivity index (χ0v) is 7.84. The SMILES string of the molecule is CC(C)CC1C2CCCCC21.